The number of aromatic nitrogens is 4. The second-order valence-electron chi connectivity index (χ2n) is 5.67. The van der Waals surface area contributed by atoms with Crippen LogP contribution < -0.4 is 14.8 Å². The molecule has 1 atom stereocenters. The number of carbonyl (C=O) groups excluding carboxylic acids is 1. The number of nitrogens with one attached hydrogen (secondary N) is 1. The fourth-order valence-electron chi connectivity index (χ4n) is 2.41. The molecule has 0 aliphatic rings. The SMILES string of the molecule is CCn1c(COc2ccccc2OC)nnc1SC(C)C(=O)Nc1nccs1. The van der Waals surface area contributed by atoms with Crippen LogP contribution in [0.15, 0.2) is 41.0 Å². The minimum Gasteiger partial charge on any atom is -0.493 e. The minimum absolute atomic E-state index is 0.127. The van der Waals surface area contributed by atoms with E-state index in [1.807, 2.05) is 48.1 Å². The van der Waals surface area contributed by atoms with Gasteiger partial charge in [-0.05, 0) is 26.0 Å². The van der Waals surface area contributed by atoms with Crippen LogP contribution in [0.25, 0.3) is 0 Å². The molecule has 0 aliphatic carbocycles. The number of hydrogen-bond acceptors (Lipinski definition) is 8. The normalized spacial score (nSPS) is 11.8. The molecular formula is C18H21N5O3S2. The van der Waals surface area contributed by atoms with Crippen LogP contribution in [0.4, 0.5) is 5.13 Å². The van der Waals surface area contributed by atoms with E-state index in [2.05, 4.69) is 20.5 Å². The van der Waals surface area contributed by atoms with Gasteiger partial charge in [0.1, 0.15) is 6.61 Å². The van der Waals surface area contributed by atoms with E-state index in [1.54, 1.807) is 13.3 Å². The van der Waals surface area contributed by atoms with Crippen LogP contribution in [-0.4, -0.2) is 38.0 Å². The zero-order chi connectivity index (χ0) is 19.9. The van der Waals surface area contributed by atoms with Gasteiger partial charge in [0.05, 0.1) is 12.4 Å². The number of nitrogens with zero attached hydrogens (tertiary/aromatic N) is 4. The lowest BCUT2D eigenvalue weighted by Gasteiger charge is -2.13. The molecule has 0 aliphatic heterocycles. The molecule has 1 amide bonds. The molecule has 0 saturated heterocycles. The van der Waals surface area contributed by atoms with Crippen molar-refractivity contribution in [2.24, 2.45) is 0 Å². The molecule has 1 N–H and O–H groups in total. The maximum atomic E-state index is 12.3. The number of carbonyl (C=O) groups is 1. The summed E-state index contributed by atoms with van der Waals surface area (Å²) in [4.78, 5) is 16.4. The number of amides is 1. The summed E-state index contributed by atoms with van der Waals surface area (Å²) in [6.45, 7) is 4.75. The highest BCUT2D eigenvalue weighted by molar-refractivity contribution is 8.00. The summed E-state index contributed by atoms with van der Waals surface area (Å²) < 4.78 is 13.1. The van der Waals surface area contributed by atoms with Gasteiger partial charge in [-0.25, -0.2) is 4.98 Å². The Balaban J connectivity index is 1.65. The molecule has 3 rings (SSSR count). The van der Waals surface area contributed by atoms with E-state index in [0.29, 0.717) is 34.2 Å². The van der Waals surface area contributed by atoms with Crippen molar-refractivity contribution in [3.63, 3.8) is 0 Å². The van der Waals surface area contributed by atoms with Gasteiger partial charge in [0, 0.05) is 18.1 Å². The number of anilines is 1. The molecule has 148 valence electrons. The lowest BCUT2D eigenvalue weighted by molar-refractivity contribution is -0.115. The number of ether oxygens (including phenoxy) is 2. The van der Waals surface area contributed by atoms with Gasteiger partial charge in [-0.2, -0.15) is 0 Å². The van der Waals surface area contributed by atoms with Crippen LogP contribution in [0.2, 0.25) is 0 Å². The first-order valence-corrected chi connectivity index (χ1v) is 10.4. The van der Waals surface area contributed by atoms with Crippen molar-refractivity contribution in [2.45, 2.75) is 37.4 Å². The second-order valence-corrected chi connectivity index (χ2v) is 7.87. The van der Waals surface area contributed by atoms with E-state index in [-0.39, 0.29) is 17.8 Å². The molecule has 1 aromatic carbocycles. The van der Waals surface area contributed by atoms with Gasteiger partial charge in [0.15, 0.2) is 27.6 Å². The largest absolute Gasteiger partial charge is 0.493 e. The van der Waals surface area contributed by atoms with Crippen molar-refractivity contribution in [3.8, 4) is 11.5 Å². The van der Waals surface area contributed by atoms with Gasteiger partial charge in [-0.1, -0.05) is 23.9 Å². The van der Waals surface area contributed by atoms with Crippen molar-refractivity contribution in [1.82, 2.24) is 19.7 Å². The molecule has 1 unspecified atom stereocenters. The summed E-state index contributed by atoms with van der Waals surface area (Å²) in [5.74, 6) is 1.86. The van der Waals surface area contributed by atoms with Crippen LogP contribution in [0.3, 0.4) is 0 Å². The van der Waals surface area contributed by atoms with Crippen LogP contribution in [0.5, 0.6) is 11.5 Å². The fourth-order valence-corrected chi connectivity index (χ4v) is 3.88. The third-order valence-corrected chi connectivity index (χ3v) is 5.62. The second kappa shape index (κ2) is 9.56. The van der Waals surface area contributed by atoms with E-state index in [4.69, 9.17) is 9.47 Å². The maximum absolute atomic E-state index is 12.3. The van der Waals surface area contributed by atoms with Crippen LogP contribution >= 0.6 is 23.1 Å². The van der Waals surface area contributed by atoms with Crippen LogP contribution in [0, 0.1) is 0 Å². The Labute approximate surface area is 171 Å². The zero-order valence-corrected chi connectivity index (χ0v) is 17.4. The fraction of sp³-hybridized carbons (Fsp3) is 0.333. The Hall–Kier alpha value is -2.59. The van der Waals surface area contributed by atoms with E-state index in [9.17, 15) is 4.79 Å². The lowest BCUT2D eigenvalue weighted by atomic mass is 10.3. The zero-order valence-electron chi connectivity index (χ0n) is 15.8. The Bertz CT molecular complexity index is 914. The summed E-state index contributed by atoms with van der Waals surface area (Å²) >= 11 is 2.73. The Morgan fingerprint density at radius 2 is 2.11 bits per heavy atom. The third kappa shape index (κ3) is 4.82. The van der Waals surface area contributed by atoms with Crippen molar-refractivity contribution >= 4 is 34.1 Å². The van der Waals surface area contributed by atoms with Gasteiger partial charge in [0.2, 0.25) is 5.91 Å². The number of methoxy groups -OCH3 is 1. The van der Waals surface area contributed by atoms with Gasteiger partial charge < -0.3 is 19.4 Å². The Kier molecular flexibility index (Phi) is 6.88. The highest BCUT2D eigenvalue weighted by Gasteiger charge is 2.20. The summed E-state index contributed by atoms with van der Waals surface area (Å²) in [7, 11) is 1.60. The molecule has 10 heteroatoms. The van der Waals surface area contributed by atoms with Crippen molar-refractivity contribution in [1.29, 1.82) is 0 Å². The Morgan fingerprint density at radius 1 is 1.32 bits per heavy atom. The number of rotatable bonds is 9. The van der Waals surface area contributed by atoms with E-state index >= 15 is 0 Å². The van der Waals surface area contributed by atoms with E-state index < -0.39 is 0 Å². The van der Waals surface area contributed by atoms with Crippen molar-refractivity contribution in [3.05, 3.63) is 41.7 Å². The average molecular weight is 420 g/mol. The first-order chi connectivity index (χ1) is 13.6. The Morgan fingerprint density at radius 3 is 2.79 bits per heavy atom. The molecule has 28 heavy (non-hydrogen) atoms. The first-order valence-electron chi connectivity index (χ1n) is 8.67. The molecule has 0 spiro atoms. The summed E-state index contributed by atoms with van der Waals surface area (Å²) in [5, 5.41) is 14.0. The highest BCUT2D eigenvalue weighted by Crippen LogP contribution is 2.28. The summed E-state index contributed by atoms with van der Waals surface area (Å²) in [5.41, 5.74) is 0. The third-order valence-electron chi connectivity index (χ3n) is 3.85. The molecular weight excluding hydrogens is 398 g/mol. The predicted molar refractivity (Wildman–Crippen MR) is 109 cm³/mol. The summed E-state index contributed by atoms with van der Waals surface area (Å²) in [6, 6.07) is 7.44. The van der Waals surface area contributed by atoms with Gasteiger partial charge >= 0.3 is 0 Å². The van der Waals surface area contributed by atoms with Crippen molar-refractivity contribution in [2.75, 3.05) is 12.4 Å². The molecule has 0 bridgehead atoms. The number of benzene rings is 1. The summed E-state index contributed by atoms with van der Waals surface area (Å²) in [6.07, 6.45) is 1.65. The van der Waals surface area contributed by atoms with E-state index in [0.717, 1.165) is 0 Å². The van der Waals surface area contributed by atoms with Crippen LogP contribution in [-0.2, 0) is 17.9 Å². The molecule has 3 aromatic rings. The molecule has 8 nitrogen and oxygen atoms in total. The van der Waals surface area contributed by atoms with Gasteiger partial charge in [-0.15, -0.1) is 21.5 Å². The number of hydrogen-bond donors (Lipinski definition) is 1. The van der Waals surface area contributed by atoms with Gasteiger partial charge in [-0.3, -0.25) is 4.79 Å². The smallest absolute Gasteiger partial charge is 0.239 e. The topological polar surface area (TPSA) is 91.2 Å². The monoisotopic (exact) mass is 419 g/mol. The first kappa shape index (κ1) is 20.2. The van der Waals surface area contributed by atoms with Crippen LogP contribution in [0.1, 0.15) is 19.7 Å². The molecule has 0 radical (unpaired) electrons. The maximum Gasteiger partial charge on any atom is 0.239 e. The number of thioether (sulfide) groups is 1. The number of para-hydroxylation sites is 2. The lowest BCUT2D eigenvalue weighted by Crippen LogP contribution is -2.22. The molecule has 0 fully saturated rings. The highest BCUT2D eigenvalue weighted by atomic mass is 32.2. The quantitative estimate of drug-likeness (QED) is 0.531. The standard InChI is InChI=1S/C18H21N5O3S2/c1-4-23-15(11-26-14-8-6-5-7-13(14)25-3)21-22-18(23)28-12(2)16(24)20-17-19-9-10-27-17/h5-10,12H,4,11H2,1-3H3,(H,19,20,24). The number of thiazole rings is 1. The predicted octanol–water partition coefficient (Wildman–Crippen LogP) is 3.46. The van der Waals surface area contributed by atoms with Crippen molar-refractivity contribution < 1.29 is 14.3 Å². The molecule has 2 heterocycles. The average Bonchev–Trinajstić information content (AvgIpc) is 3.36. The van der Waals surface area contributed by atoms with E-state index in [1.165, 1.54) is 23.1 Å². The van der Waals surface area contributed by atoms with Gasteiger partial charge in [0.25, 0.3) is 0 Å². The molecule has 2 aromatic heterocycles. The molecule has 0 saturated carbocycles. The minimum atomic E-state index is -0.346.